The Morgan fingerprint density at radius 1 is 1.15 bits per heavy atom. The van der Waals surface area contributed by atoms with Crippen LogP contribution < -0.4 is 10.9 Å². The first-order chi connectivity index (χ1) is 12.4. The predicted octanol–water partition coefficient (Wildman–Crippen LogP) is 2.46. The van der Waals surface area contributed by atoms with Crippen LogP contribution in [0.4, 0.5) is 0 Å². The smallest absolute Gasteiger partial charge is 0.277 e. The van der Waals surface area contributed by atoms with E-state index in [4.69, 9.17) is 0 Å². The molecule has 1 N–H and O–H groups in total. The van der Waals surface area contributed by atoms with Gasteiger partial charge in [0.15, 0.2) is 0 Å². The SMILES string of the molecule is CCn1nc(C)c2ccn(CC(=O)NCc3ccc(C)c(C)c3)c(=O)c21. The normalized spacial score (nSPS) is 11.1. The summed E-state index contributed by atoms with van der Waals surface area (Å²) in [4.78, 5) is 25.0. The van der Waals surface area contributed by atoms with Crippen molar-refractivity contribution in [3.05, 3.63) is 63.2 Å². The highest BCUT2D eigenvalue weighted by Gasteiger charge is 2.13. The molecule has 0 saturated carbocycles. The van der Waals surface area contributed by atoms with Crippen LogP contribution in [-0.2, 0) is 24.4 Å². The monoisotopic (exact) mass is 352 g/mol. The number of nitrogens with zero attached hydrogens (tertiary/aromatic N) is 3. The van der Waals surface area contributed by atoms with Gasteiger partial charge in [-0.2, -0.15) is 5.10 Å². The molecule has 3 aromatic rings. The zero-order valence-corrected chi connectivity index (χ0v) is 15.7. The van der Waals surface area contributed by atoms with Gasteiger partial charge in [-0.25, -0.2) is 0 Å². The minimum absolute atomic E-state index is 0.00639. The largest absolute Gasteiger partial charge is 0.350 e. The molecule has 26 heavy (non-hydrogen) atoms. The second-order valence-electron chi connectivity index (χ2n) is 6.61. The van der Waals surface area contributed by atoms with Gasteiger partial charge in [-0.05, 0) is 50.5 Å². The molecular formula is C20H24N4O2. The van der Waals surface area contributed by atoms with Crippen molar-refractivity contribution in [2.24, 2.45) is 0 Å². The van der Waals surface area contributed by atoms with Crippen molar-refractivity contribution < 1.29 is 4.79 Å². The van der Waals surface area contributed by atoms with Gasteiger partial charge >= 0.3 is 0 Å². The molecule has 6 heteroatoms. The van der Waals surface area contributed by atoms with Crippen LogP contribution in [0, 0.1) is 20.8 Å². The van der Waals surface area contributed by atoms with E-state index >= 15 is 0 Å². The summed E-state index contributed by atoms with van der Waals surface area (Å²) >= 11 is 0. The van der Waals surface area contributed by atoms with Gasteiger partial charge in [0, 0.05) is 24.7 Å². The molecule has 0 bridgehead atoms. The lowest BCUT2D eigenvalue weighted by Gasteiger charge is -2.09. The summed E-state index contributed by atoms with van der Waals surface area (Å²) in [6, 6.07) is 7.96. The third-order valence-corrected chi connectivity index (χ3v) is 4.73. The quantitative estimate of drug-likeness (QED) is 0.767. The van der Waals surface area contributed by atoms with E-state index in [0.717, 1.165) is 16.6 Å². The highest BCUT2D eigenvalue weighted by Crippen LogP contribution is 2.14. The van der Waals surface area contributed by atoms with E-state index in [2.05, 4.69) is 23.4 Å². The summed E-state index contributed by atoms with van der Waals surface area (Å²) < 4.78 is 3.13. The summed E-state index contributed by atoms with van der Waals surface area (Å²) in [5.41, 5.74) is 4.65. The standard InChI is InChI=1S/C20H24N4O2/c1-5-24-19-17(15(4)22-24)8-9-23(20(19)26)12-18(25)21-11-16-7-6-13(2)14(3)10-16/h6-10H,5,11-12H2,1-4H3,(H,21,25). The van der Waals surface area contributed by atoms with Crippen molar-refractivity contribution in [3.63, 3.8) is 0 Å². The molecule has 0 aliphatic carbocycles. The molecule has 0 unspecified atom stereocenters. The lowest BCUT2D eigenvalue weighted by atomic mass is 10.1. The Balaban J connectivity index is 1.76. The Kier molecular flexibility index (Phi) is 4.93. The van der Waals surface area contributed by atoms with Gasteiger partial charge in [-0.15, -0.1) is 0 Å². The molecule has 2 aromatic heterocycles. The fourth-order valence-corrected chi connectivity index (χ4v) is 3.07. The molecule has 0 fully saturated rings. The minimum atomic E-state index is -0.191. The van der Waals surface area contributed by atoms with Crippen molar-refractivity contribution in [1.29, 1.82) is 0 Å². The second kappa shape index (κ2) is 7.15. The molecule has 6 nitrogen and oxygen atoms in total. The molecule has 0 aliphatic heterocycles. The average Bonchev–Trinajstić information content (AvgIpc) is 2.95. The molecule has 2 heterocycles. The summed E-state index contributed by atoms with van der Waals surface area (Å²) in [6.07, 6.45) is 1.66. The van der Waals surface area contributed by atoms with Crippen molar-refractivity contribution in [2.45, 2.75) is 47.3 Å². The number of amides is 1. The first-order valence-electron chi connectivity index (χ1n) is 8.80. The van der Waals surface area contributed by atoms with E-state index in [1.54, 1.807) is 10.9 Å². The number of carbonyl (C=O) groups is 1. The number of fused-ring (bicyclic) bond motifs is 1. The highest BCUT2D eigenvalue weighted by molar-refractivity contribution is 5.81. The van der Waals surface area contributed by atoms with Crippen LogP contribution in [0.3, 0.4) is 0 Å². The van der Waals surface area contributed by atoms with Crippen molar-refractivity contribution in [2.75, 3.05) is 0 Å². The number of hydrogen-bond acceptors (Lipinski definition) is 3. The fourth-order valence-electron chi connectivity index (χ4n) is 3.07. The molecule has 1 amide bonds. The number of aryl methyl sites for hydroxylation is 4. The summed E-state index contributed by atoms with van der Waals surface area (Å²) in [6.45, 7) is 8.99. The van der Waals surface area contributed by atoms with E-state index in [0.29, 0.717) is 18.6 Å². The van der Waals surface area contributed by atoms with Gasteiger partial charge in [0.25, 0.3) is 5.56 Å². The van der Waals surface area contributed by atoms with Crippen molar-refractivity contribution >= 4 is 16.8 Å². The minimum Gasteiger partial charge on any atom is -0.350 e. The first-order valence-corrected chi connectivity index (χ1v) is 8.80. The van der Waals surface area contributed by atoms with Gasteiger partial charge in [-0.3, -0.25) is 14.3 Å². The molecule has 0 aliphatic rings. The zero-order valence-electron chi connectivity index (χ0n) is 15.7. The molecule has 3 rings (SSSR count). The van der Waals surface area contributed by atoms with Crippen LogP contribution in [0.15, 0.2) is 35.3 Å². The zero-order chi connectivity index (χ0) is 18.8. The van der Waals surface area contributed by atoms with Crippen LogP contribution in [0.1, 0.15) is 29.3 Å². The number of benzene rings is 1. The summed E-state index contributed by atoms with van der Waals surface area (Å²) in [5, 5.41) is 8.10. The molecule has 136 valence electrons. The van der Waals surface area contributed by atoms with Crippen LogP contribution in [0.25, 0.3) is 10.9 Å². The van der Waals surface area contributed by atoms with Gasteiger partial charge < -0.3 is 9.88 Å². The average molecular weight is 352 g/mol. The van der Waals surface area contributed by atoms with E-state index in [9.17, 15) is 9.59 Å². The molecular weight excluding hydrogens is 328 g/mol. The number of nitrogens with one attached hydrogen (secondary N) is 1. The van der Waals surface area contributed by atoms with Crippen molar-refractivity contribution in [1.82, 2.24) is 19.7 Å². The number of hydrogen-bond donors (Lipinski definition) is 1. The summed E-state index contributed by atoms with van der Waals surface area (Å²) in [7, 11) is 0. The van der Waals surface area contributed by atoms with E-state index in [-0.39, 0.29) is 18.0 Å². The highest BCUT2D eigenvalue weighted by atomic mass is 16.2. The molecule has 0 spiro atoms. The maximum Gasteiger partial charge on any atom is 0.277 e. The number of carbonyl (C=O) groups excluding carboxylic acids is 1. The third-order valence-electron chi connectivity index (χ3n) is 4.73. The van der Waals surface area contributed by atoms with Crippen LogP contribution in [0.2, 0.25) is 0 Å². The second-order valence-corrected chi connectivity index (χ2v) is 6.61. The number of pyridine rings is 1. The van der Waals surface area contributed by atoms with E-state index in [1.165, 1.54) is 15.7 Å². The Bertz CT molecular complexity index is 1030. The third kappa shape index (κ3) is 3.40. The molecule has 0 atom stereocenters. The topological polar surface area (TPSA) is 68.9 Å². The Morgan fingerprint density at radius 2 is 1.92 bits per heavy atom. The van der Waals surface area contributed by atoms with Gasteiger partial charge in [0.2, 0.25) is 5.91 Å². The maximum atomic E-state index is 12.7. The molecule has 0 radical (unpaired) electrons. The Hall–Kier alpha value is -2.89. The number of aromatic nitrogens is 3. The van der Waals surface area contributed by atoms with Crippen molar-refractivity contribution in [3.8, 4) is 0 Å². The number of rotatable bonds is 5. The fraction of sp³-hybridized carbons (Fsp3) is 0.350. The van der Waals surface area contributed by atoms with Crippen LogP contribution >= 0.6 is 0 Å². The van der Waals surface area contributed by atoms with Gasteiger partial charge in [0.1, 0.15) is 12.1 Å². The Labute approximate surface area is 152 Å². The predicted molar refractivity (Wildman–Crippen MR) is 102 cm³/mol. The first kappa shape index (κ1) is 17.9. The van der Waals surface area contributed by atoms with Gasteiger partial charge in [0.05, 0.1) is 5.69 Å². The molecule has 0 saturated heterocycles. The van der Waals surface area contributed by atoms with E-state index < -0.39 is 0 Å². The Morgan fingerprint density at radius 3 is 2.62 bits per heavy atom. The molecule has 1 aromatic carbocycles. The van der Waals surface area contributed by atoms with Gasteiger partial charge in [-0.1, -0.05) is 18.2 Å². The van der Waals surface area contributed by atoms with Crippen LogP contribution in [-0.4, -0.2) is 20.3 Å². The summed E-state index contributed by atoms with van der Waals surface area (Å²) in [5.74, 6) is -0.191. The lowest BCUT2D eigenvalue weighted by Crippen LogP contribution is -2.32. The lowest BCUT2D eigenvalue weighted by molar-refractivity contribution is -0.121. The maximum absolute atomic E-state index is 12.7. The van der Waals surface area contributed by atoms with Crippen LogP contribution in [0.5, 0.6) is 0 Å². The van der Waals surface area contributed by atoms with E-state index in [1.807, 2.05) is 39.0 Å².